The first-order valence-electron chi connectivity index (χ1n) is 3.94. The Labute approximate surface area is 81.4 Å². The minimum Gasteiger partial charge on any atom is -0.402 e. The predicted molar refractivity (Wildman–Crippen MR) is 58.6 cm³/mol. The first kappa shape index (κ1) is 12.0. The van der Waals surface area contributed by atoms with E-state index in [1.54, 1.807) is 18.0 Å². The minimum atomic E-state index is -0.650. The molecule has 0 aromatic heterocycles. The van der Waals surface area contributed by atoms with Crippen LogP contribution >= 0.6 is 11.8 Å². The smallest absolute Gasteiger partial charge is 0.0232 e. The summed E-state index contributed by atoms with van der Waals surface area (Å²) in [6, 6.07) is 0. The number of rotatable bonds is 6. The van der Waals surface area contributed by atoms with Crippen LogP contribution in [0.15, 0.2) is 11.1 Å². The van der Waals surface area contributed by atoms with Crippen LogP contribution in [0.3, 0.4) is 0 Å². The number of hydrogen-bond acceptors (Lipinski definition) is 3. The lowest BCUT2D eigenvalue weighted by atomic mass is 10.2. The molecule has 1 unspecified atom stereocenters. The second-order valence-electron chi connectivity index (χ2n) is 2.66. The molecule has 1 atom stereocenters. The van der Waals surface area contributed by atoms with Crippen molar-refractivity contribution in [2.45, 2.75) is 19.3 Å². The van der Waals surface area contributed by atoms with Gasteiger partial charge in [-0.3, -0.25) is 4.21 Å². The van der Waals surface area contributed by atoms with Gasteiger partial charge in [0.1, 0.15) is 0 Å². The minimum absolute atomic E-state index is 0.650. The number of thioether (sulfide) groups is 1. The van der Waals surface area contributed by atoms with Crippen LogP contribution in [0.5, 0.6) is 0 Å². The van der Waals surface area contributed by atoms with Gasteiger partial charge in [-0.1, -0.05) is 0 Å². The van der Waals surface area contributed by atoms with Crippen molar-refractivity contribution in [1.82, 2.24) is 0 Å². The summed E-state index contributed by atoms with van der Waals surface area (Å²) in [5.41, 5.74) is 6.60. The molecule has 0 radical (unpaired) electrons. The molecule has 0 saturated heterocycles. The SMILES string of the molecule is CS/C=C(\N)CCCCS(C)=O. The van der Waals surface area contributed by atoms with Crippen molar-refractivity contribution in [2.24, 2.45) is 5.73 Å². The molecule has 0 aliphatic rings. The molecule has 0 saturated carbocycles. The molecule has 0 amide bonds. The van der Waals surface area contributed by atoms with Crippen LogP contribution < -0.4 is 5.73 Å². The Hall–Kier alpha value is 0.0400. The molecule has 4 heteroatoms. The van der Waals surface area contributed by atoms with Crippen molar-refractivity contribution in [2.75, 3.05) is 18.3 Å². The average molecular weight is 207 g/mol. The Morgan fingerprint density at radius 2 is 2.25 bits per heavy atom. The number of unbranched alkanes of at least 4 members (excludes halogenated alkanes) is 1. The largest absolute Gasteiger partial charge is 0.402 e. The van der Waals surface area contributed by atoms with Crippen molar-refractivity contribution in [3.05, 3.63) is 11.1 Å². The van der Waals surface area contributed by atoms with Gasteiger partial charge in [-0.05, 0) is 30.9 Å². The van der Waals surface area contributed by atoms with E-state index < -0.39 is 10.8 Å². The van der Waals surface area contributed by atoms with Crippen molar-refractivity contribution >= 4 is 22.6 Å². The Morgan fingerprint density at radius 3 is 2.75 bits per heavy atom. The number of nitrogens with two attached hydrogens (primary N) is 1. The normalized spacial score (nSPS) is 14.7. The fourth-order valence-corrected chi connectivity index (χ4v) is 1.88. The molecule has 0 aliphatic carbocycles. The van der Waals surface area contributed by atoms with Gasteiger partial charge in [-0.2, -0.15) is 0 Å². The molecule has 72 valence electrons. The molecule has 0 fully saturated rings. The van der Waals surface area contributed by atoms with Crippen molar-refractivity contribution in [1.29, 1.82) is 0 Å². The molecule has 2 N–H and O–H groups in total. The highest BCUT2D eigenvalue weighted by atomic mass is 32.2. The van der Waals surface area contributed by atoms with E-state index in [1.807, 2.05) is 11.7 Å². The summed E-state index contributed by atoms with van der Waals surface area (Å²) in [6.07, 6.45) is 6.71. The summed E-state index contributed by atoms with van der Waals surface area (Å²) in [7, 11) is -0.650. The fourth-order valence-electron chi connectivity index (χ4n) is 0.845. The van der Waals surface area contributed by atoms with Crippen LogP contribution in [-0.2, 0) is 10.8 Å². The maximum absolute atomic E-state index is 10.7. The molecule has 0 rings (SSSR count). The second kappa shape index (κ2) is 7.68. The van der Waals surface area contributed by atoms with Crippen molar-refractivity contribution in [3.8, 4) is 0 Å². The summed E-state index contributed by atoms with van der Waals surface area (Å²) in [6.45, 7) is 0. The molecular formula is C8H17NOS2. The molecule has 0 spiro atoms. The summed E-state index contributed by atoms with van der Waals surface area (Å²) < 4.78 is 10.7. The molecule has 0 aromatic rings. The molecule has 0 aliphatic heterocycles. The third-order valence-electron chi connectivity index (χ3n) is 1.42. The van der Waals surface area contributed by atoms with Crippen LogP contribution in [0.25, 0.3) is 0 Å². The summed E-state index contributed by atoms with van der Waals surface area (Å²) >= 11 is 1.63. The first-order chi connectivity index (χ1) is 5.66. The van der Waals surface area contributed by atoms with Crippen LogP contribution in [0.2, 0.25) is 0 Å². The van der Waals surface area contributed by atoms with Gasteiger partial charge >= 0.3 is 0 Å². The monoisotopic (exact) mass is 207 g/mol. The maximum atomic E-state index is 10.7. The van der Waals surface area contributed by atoms with Crippen LogP contribution in [-0.4, -0.2) is 22.5 Å². The Morgan fingerprint density at radius 1 is 1.58 bits per heavy atom. The molecule has 2 nitrogen and oxygen atoms in total. The Bertz CT molecular complexity index is 168. The second-order valence-corrected chi connectivity index (χ2v) is 4.92. The van der Waals surface area contributed by atoms with E-state index >= 15 is 0 Å². The molecule has 0 aromatic carbocycles. The predicted octanol–water partition coefficient (Wildman–Crippen LogP) is 1.70. The van der Waals surface area contributed by atoms with Crippen molar-refractivity contribution in [3.63, 3.8) is 0 Å². The van der Waals surface area contributed by atoms with E-state index in [9.17, 15) is 4.21 Å². The Balaban J connectivity index is 3.31. The zero-order valence-corrected chi connectivity index (χ0v) is 9.34. The molecular weight excluding hydrogens is 190 g/mol. The molecule has 0 bridgehead atoms. The average Bonchev–Trinajstić information content (AvgIpc) is 1.98. The lowest BCUT2D eigenvalue weighted by molar-refractivity contribution is 0.680. The van der Waals surface area contributed by atoms with E-state index in [1.165, 1.54) is 0 Å². The zero-order chi connectivity index (χ0) is 9.40. The van der Waals surface area contributed by atoms with E-state index in [4.69, 9.17) is 5.73 Å². The molecule has 12 heavy (non-hydrogen) atoms. The lowest BCUT2D eigenvalue weighted by Gasteiger charge is -1.99. The van der Waals surface area contributed by atoms with E-state index in [2.05, 4.69) is 0 Å². The van der Waals surface area contributed by atoms with Crippen LogP contribution in [0.4, 0.5) is 0 Å². The van der Waals surface area contributed by atoms with Gasteiger partial charge in [0, 0.05) is 28.5 Å². The lowest BCUT2D eigenvalue weighted by Crippen LogP contribution is -1.98. The topological polar surface area (TPSA) is 43.1 Å². The maximum Gasteiger partial charge on any atom is 0.0232 e. The fraction of sp³-hybridized carbons (Fsp3) is 0.750. The summed E-state index contributed by atoms with van der Waals surface area (Å²) in [5.74, 6) is 0.798. The Kier molecular flexibility index (Phi) is 7.70. The number of allylic oxidation sites excluding steroid dienone is 1. The summed E-state index contributed by atoms with van der Waals surface area (Å²) in [4.78, 5) is 0. The van der Waals surface area contributed by atoms with Crippen LogP contribution in [0, 0.1) is 0 Å². The van der Waals surface area contributed by atoms with Gasteiger partial charge in [0.15, 0.2) is 0 Å². The van der Waals surface area contributed by atoms with Gasteiger partial charge in [0.2, 0.25) is 0 Å². The van der Waals surface area contributed by atoms with E-state index in [0.717, 1.165) is 30.7 Å². The third kappa shape index (κ3) is 8.14. The quantitative estimate of drug-likeness (QED) is 0.674. The summed E-state index contributed by atoms with van der Waals surface area (Å²) in [5, 5.41) is 1.96. The van der Waals surface area contributed by atoms with Gasteiger partial charge in [0.05, 0.1) is 0 Å². The zero-order valence-electron chi connectivity index (χ0n) is 7.71. The van der Waals surface area contributed by atoms with E-state index in [0.29, 0.717) is 0 Å². The third-order valence-corrected chi connectivity index (χ3v) is 2.82. The first-order valence-corrected chi connectivity index (χ1v) is 6.95. The standard InChI is InChI=1S/C8H17NOS2/c1-11-7-8(9)5-3-4-6-12(2)10/h7H,3-6,9H2,1-2H3/b8-7-. The van der Waals surface area contributed by atoms with Crippen molar-refractivity contribution < 1.29 is 4.21 Å². The van der Waals surface area contributed by atoms with E-state index in [-0.39, 0.29) is 0 Å². The van der Waals surface area contributed by atoms with Gasteiger partial charge in [-0.25, -0.2) is 0 Å². The highest BCUT2D eigenvalue weighted by molar-refractivity contribution is 8.01. The highest BCUT2D eigenvalue weighted by Gasteiger charge is 1.93. The highest BCUT2D eigenvalue weighted by Crippen LogP contribution is 2.06. The van der Waals surface area contributed by atoms with Gasteiger partial charge in [0.25, 0.3) is 0 Å². The number of hydrogen-bond donors (Lipinski definition) is 1. The van der Waals surface area contributed by atoms with Crippen LogP contribution in [0.1, 0.15) is 19.3 Å². The van der Waals surface area contributed by atoms with Gasteiger partial charge < -0.3 is 5.73 Å². The van der Waals surface area contributed by atoms with Gasteiger partial charge in [-0.15, -0.1) is 11.8 Å². The molecule has 0 heterocycles.